The highest BCUT2D eigenvalue weighted by atomic mass is 16.4. The molecule has 3 aromatic carbocycles. The van der Waals surface area contributed by atoms with Crippen LogP contribution in [0.2, 0.25) is 0 Å². The molecule has 2 heterocycles. The molecule has 0 saturated heterocycles. The number of phenols is 3. The van der Waals surface area contributed by atoms with E-state index in [-0.39, 0.29) is 55.3 Å². The van der Waals surface area contributed by atoms with Crippen molar-refractivity contribution in [2.24, 2.45) is 0 Å². The fraction of sp³-hybridized carbons (Fsp3) is 0.107. The zero-order valence-electron chi connectivity index (χ0n) is 20.5. The second-order valence-corrected chi connectivity index (χ2v) is 9.01. The van der Waals surface area contributed by atoms with E-state index in [9.17, 15) is 44.4 Å². The fourth-order valence-corrected chi connectivity index (χ4v) is 4.69. The number of aromatic hydroxyl groups is 3. The van der Waals surface area contributed by atoms with E-state index < -0.39 is 56.6 Å². The average molecular weight is 530 g/mol. The molecule has 0 fully saturated rings. The Morgan fingerprint density at radius 3 is 2.08 bits per heavy atom. The van der Waals surface area contributed by atoms with Crippen molar-refractivity contribution in [3.63, 3.8) is 0 Å². The maximum absolute atomic E-state index is 13.8. The van der Waals surface area contributed by atoms with Gasteiger partial charge in [0.2, 0.25) is 10.9 Å². The Kier molecular flexibility index (Phi) is 5.53. The molecule has 196 valence electrons. The SMILES string of the molecule is CC(=O)c1cc2c(=O)c3cc(O)c(O)cc3oc2c(C(C)=O)c1-c1coc2cc(C)c(O)c(C(=O)O)c2c1=O. The van der Waals surface area contributed by atoms with Crippen LogP contribution >= 0.6 is 0 Å². The number of carbonyl (C=O) groups excluding carboxylic acids is 2. The molecule has 0 bridgehead atoms. The predicted molar refractivity (Wildman–Crippen MR) is 138 cm³/mol. The lowest BCUT2D eigenvalue weighted by Crippen LogP contribution is -2.16. The summed E-state index contributed by atoms with van der Waals surface area (Å²) in [7, 11) is 0. The number of carboxylic acid groups (broad SMARTS) is 1. The second-order valence-electron chi connectivity index (χ2n) is 9.01. The minimum absolute atomic E-state index is 0.137. The molecule has 0 unspecified atom stereocenters. The third-order valence-corrected chi connectivity index (χ3v) is 6.50. The molecule has 0 aliphatic carbocycles. The van der Waals surface area contributed by atoms with Crippen LogP contribution in [0.5, 0.6) is 17.2 Å². The van der Waals surface area contributed by atoms with Gasteiger partial charge in [0, 0.05) is 17.2 Å². The third-order valence-electron chi connectivity index (χ3n) is 6.50. The number of hydrogen-bond donors (Lipinski definition) is 4. The summed E-state index contributed by atoms with van der Waals surface area (Å²) < 4.78 is 11.4. The summed E-state index contributed by atoms with van der Waals surface area (Å²) in [6.45, 7) is 3.67. The van der Waals surface area contributed by atoms with Gasteiger partial charge in [0.1, 0.15) is 34.3 Å². The molecule has 0 radical (unpaired) electrons. The quantitative estimate of drug-likeness (QED) is 0.147. The molecule has 4 N–H and O–H groups in total. The van der Waals surface area contributed by atoms with Crippen molar-refractivity contribution in [3.8, 4) is 28.4 Å². The molecule has 11 nitrogen and oxygen atoms in total. The number of carboxylic acids is 1. The number of aromatic carboxylic acids is 1. The van der Waals surface area contributed by atoms with Crippen LogP contribution in [0, 0.1) is 6.92 Å². The summed E-state index contributed by atoms with van der Waals surface area (Å²) in [6.07, 6.45) is 0.954. The molecule has 5 aromatic rings. The van der Waals surface area contributed by atoms with Gasteiger partial charge in [-0.25, -0.2) is 4.79 Å². The summed E-state index contributed by atoms with van der Waals surface area (Å²) in [5.74, 6) is -4.81. The molecule has 0 aliphatic heterocycles. The molecular formula is C28H18O11. The molecule has 0 amide bonds. The normalized spacial score (nSPS) is 11.4. The topological polar surface area (TPSA) is 193 Å². The molecule has 0 atom stereocenters. The van der Waals surface area contributed by atoms with E-state index in [4.69, 9.17) is 8.83 Å². The van der Waals surface area contributed by atoms with Crippen LogP contribution in [0.3, 0.4) is 0 Å². The minimum Gasteiger partial charge on any atom is -0.507 e. The van der Waals surface area contributed by atoms with Gasteiger partial charge >= 0.3 is 5.97 Å². The Morgan fingerprint density at radius 2 is 1.46 bits per heavy atom. The van der Waals surface area contributed by atoms with Gasteiger partial charge in [-0.2, -0.15) is 0 Å². The van der Waals surface area contributed by atoms with Gasteiger partial charge in [0.05, 0.1) is 27.3 Å². The van der Waals surface area contributed by atoms with Crippen LogP contribution in [0.15, 0.2) is 49.0 Å². The van der Waals surface area contributed by atoms with Crippen LogP contribution in [0.25, 0.3) is 44.0 Å². The van der Waals surface area contributed by atoms with E-state index in [1.807, 2.05) is 0 Å². The van der Waals surface area contributed by atoms with Crippen molar-refractivity contribution in [2.45, 2.75) is 20.8 Å². The Labute approximate surface area is 216 Å². The van der Waals surface area contributed by atoms with Gasteiger partial charge in [0.25, 0.3) is 0 Å². The van der Waals surface area contributed by atoms with E-state index in [0.29, 0.717) is 0 Å². The summed E-state index contributed by atoms with van der Waals surface area (Å²) in [4.78, 5) is 64.9. The van der Waals surface area contributed by atoms with E-state index >= 15 is 0 Å². The molecule has 39 heavy (non-hydrogen) atoms. The van der Waals surface area contributed by atoms with Crippen LogP contribution < -0.4 is 10.9 Å². The van der Waals surface area contributed by atoms with E-state index in [1.165, 1.54) is 13.0 Å². The molecule has 0 spiro atoms. The lowest BCUT2D eigenvalue weighted by Gasteiger charge is -2.15. The smallest absolute Gasteiger partial charge is 0.340 e. The zero-order valence-corrected chi connectivity index (χ0v) is 20.5. The summed E-state index contributed by atoms with van der Waals surface area (Å²) >= 11 is 0. The lowest BCUT2D eigenvalue weighted by atomic mass is 9.88. The molecular weight excluding hydrogens is 512 g/mol. The Morgan fingerprint density at radius 1 is 0.795 bits per heavy atom. The summed E-state index contributed by atoms with van der Waals surface area (Å²) in [6, 6.07) is 4.35. The number of ketones is 2. The van der Waals surface area contributed by atoms with Crippen molar-refractivity contribution >= 4 is 50.4 Å². The maximum Gasteiger partial charge on any atom is 0.340 e. The highest BCUT2D eigenvalue weighted by Gasteiger charge is 2.29. The number of rotatable bonds is 4. The van der Waals surface area contributed by atoms with Gasteiger partial charge in [-0.15, -0.1) is 0 Å². The van der Waals surface area contributed by atoms with Crippen LogP contribution in [-0.4, -0.2) is 38.0 Å². The third kappa shape index (κ3) is 3.62. The predicted octanol–water partition coefficient (Wildman–Crippen LogP) is 4.25. The van der Waals surface area contributed by atoms with Crippen molar-refractivity contribution in [2.75, 3.05) is 0 Å². The number of phenolic OH excluding ortho intramolecular Hbond substituents is 2. The first-order valence-corrected chi connectivity index (χ1v) is 11.4. The average Bonchev–Trinajstić information content (AvgIpc) is 2.85. The highest BCUT2D eigenvalue weighted by Crippen LogP contribution is 2.38. The standard InChI is InChI=1S/C28H18O11/c1-9-4-19-22(23(24(9)33)28(36)37)26(35)15(8-38-19)21-12(10(2)29)5-14-25(34)13-6-16(31)17(32)7-18(13)39-27(14)20(21)11(3)30/h4-8,31-33H,1-3H3,(H,36,37). The van der Waals surface area contributed by atoms with Gasteiger partial charge in [0.15, 0.2) is 23.1 Å². The van der Waals surface area contributed by atoms with E-state index in [2.05, 4.69) is 0 Å². The van der Waals surface area contributed by atoms with Crippen molar-refractivity contribution < 1.29 is 43.6 Å². The number of benzene rings is 3. The number of aryl methyl sites for hydroxylation is 1. The first kappa shape index (κ1) is 25.2. The Hall–Kier alpha value is -5.45. The summed E-state index contributed by atoms with van der Waals surface area (Å²) in [5.41, 5.74) is -4.15. The number of Topliss-reactive ketones (excluding diaryl/α,β-unsaturated/α-hetero) is 2. The largest absolute Gasteiger partial charge is 0.507 e. The lowest BCUT2D eigenvalue weighted by molar-refractivity contribution is 0.0695. The molecule has 11 heteroatoms. The van der Waals surface area contributed by atoms with Crippen LogP contribution in [0.4, 0.5) is 0 Å². The van der Waals surface area contributed by atoms with Gasteiger partial charge < -0.3 is 29.3 Å². The highest BCUT2D eigenvalue weighted by molar-refractivity contribution is 6.18. The van der Waals surface area contributed by atoms with Crippen LogP contribution in [-0.2, 0) is 0 Å². The molecule has 0 aliphatic rings. The van der Waals surface area contributed by atoms with E-state index in [0.717, 1.165) is 38.3 Å². The monoisotopic (exact) mass is 530 g/mol. The van der Waals surface area contributed by atoms with Crippen molar-refractivity contribution in [3.05, 3.63) is 73.2 Å². The fourth-order valence-electron chi connectivity index (χ4n) is 4.69. The number of hydrogen-bond acceptors (Lipinski definition) is 10. The second kappa shape index (κ2) is 8.55. The van der Waals surface area contributed by atoms with Crippen LogP contribution in [0.1, 0.15) is 50.5 Å². The first-order chi connectivity index (χ1) is 18.3. The van der Waals surface area contributed by atoms with E-state index in [1.54, 1.807) is 0 Å². The number of fused-ring (bicyclic) bond motifs is 3. The Bertz CT molecular complexity index is 2080. The molecule has 5 rings (SSSR count). The van der Waals surface area contributed by atoms with Gasteiger partial charge in [-0.1, -0.05) is 0 Å². The Balaban J connectivity index is 2.04. The number of carbonyl (C=O) groups is 3. The van der Waals surface area contributed by atoms with Crippen molar-refractivity contribution in [1.82, 2.24) is 0 Å². The summed E-state index contributed by atoms with van der Waals surface area (Å²) in [5, 5.41) is 39.1. The van der Waals surface area contributed by atoms with Gasteiger partial charge in [-0.3, -0.25) is 19.2 Å². The minimum atomic E-state index is -1.61. The molecule has 0 saturated carbocycles. The molecule has 2 aromatic heterocycles. The maximum atomic E-state index is 13.8. The first-order valence-electron chi connectivity index (χ1n) is 11.4. The zero-order chi connectivity index (χ0) is 28.5. The van der Waals surface area contributed by atoms with Crippen molar-refractivity contribution in [1.29, 1.82) is 0 Å². The van der Waals surface area contributed by atoms with Gasteiger partial charge in [-0.05, 0) is 44.5 Å².